The molecule has 2 aromatic rings. The van der Waals surface area contributed by atoms with Crippen molar-refractivity contribution >= 4 is 6.03 Å². The average molecular weight is 342 g/mol. The van der Waals surface area contributed by atoms with Crippen LogP contribution in [0.3, 0.4) is 0 Å². The van der Waals surface area contributed by atoms with Gasteiger partial charge in [-0.2, -0.15) is 0 Å². The van der Waals surface area contributed by atoms with E-state index in [0.717, 1.165) is 28.9 Å². The van der Waals surface area contributed by atoms with Crippen LogP contribution < -0.4 is 15.4 Å². The van der Waals surface area contributed by atoms with Gasteiger partial charge >= 0.3 is 6.03 Å². The Balaban J connectivity index is 1.71. The van der Waals surface area contributed by atoms with Crippen LogP contribution in [0.2, 0.25) is 0 Å². The van der Waals surface area contributed by atoms with E-state index in [1.807, 2.05) is 62.4 Å². The molecule has 0 aliphatic carbocycles. The molecule has 2 rings (SSSR count). The van der Waals surface area contributed by atoms with Crippen LogP contribution in [0.25, 0.3) is 0 Å². The van der Waals surface area contributed by atoms with Gasteiger partial charge in [-0.25, -0.2) is 4.79 Å². The van der Waals surface area contributed by atoms with Gasteiger partial charge in [-0.3, -0.25) is 0 Å². The number of carbonyl (C=O) groups excluding carboxylic acids is 1. The van der Waals surface area contributed by atoms with E-state index in [4.69, 9.17) is 4.74 Å². The highest BCUT2D eigenvalue weighted by Crippen LogP contribution is 2.14. The van der Waals surface area contributed by atoms with E-state index in [-0.39, 0.29) is 18.7 Å². The molecule has 0 unspecified atom stereocenters. The molecule has 0 spiro atoms. The molecular weight excluding hydrogens is 316 g/mol. The van der Waals surface area contributed by atoms with Gasteiger partial charge in [-0.1, -0.05) is 36.4 Å². The Morgan fingerprint density at radius 1 is 1.04 bits per heavy atom. The third kappa shape index (κ3) is 6.47. The maximum Gasteiger partial charge on any atom is 0.315 e. The molecule has 0 heterocycles. The Bertz CT molecular complexity index is 669. The lowest BCUT2D eigenvalue weighted by atomic mass is 10.1. The number of nitrogens with one attached hydrogen (secondary N) is 2. The number of ether oxygens (including phenoxy) is 1. The first-order valence-electron chi connectivity index (χ1n) is 8.53. The van der Waals surface area contributed by atoms with Gasteiger partial charge in [0.1, 0.15) is 5.75 Å². The van der Waals surface area contributed by atoms with Crippen LogP contribution in [0.1, 0.15) is 30.5 Å². The van der Waals surface area contributed by atoms with Crippen molar-refractivity contribution in [2.75, 3.05) is 6.54 Å². The summed E-state index contributed by atoms with van der Waals surface area (Å²) in [6, 6.07) is 15.2. The zero-order chi connectivity index (χ0) is 18.1. The molecule has 2 aromatic carbocycles. The first kappa shape index (κ1) is 18.8. The molecule has 0 aliphatic rings. The van der Waals surface area contributed by atoms with Crippen LogP contribution >= 0.6 is 0 Å². The van der Waals surface area contributed by atoms with Gasteiger partial charge < -0.3 is 20.5 Å². The van der Waals surface area contributed by atoms with E-state index >= 15 is 0 Å². The number of hydrogen-bond acceptors (Lipinski definition) is 3. The number of rotatable bonds is 8. The second-order valence-corrected chi connectivity index (χ2v) is 6.10. The van der Waals surface area contributed by atoms with E-state index in [2.05, 4.69) is 10.6 Å². The summed E-state index contributed by atoms with van der Waals surface area (Å²) in [6.07, 6.45) is 0.912. The predicted molar refractivity (Wildman–Crippen MR) is 98.5 cm³/mol. The number of amides is 2. The van der Waals surface area contributed by atoms with Crippen molar-refractivity contribution in [2.24, 2.45) is 0 Å². The molecule has 0 radical (unpaired) electrons. The molecule has 0 saturated carbocycles. The third-order valence-electron chi connectivity index (χ3n) is 3.72. The van der Waals surface area contributed by atoms with Crippen molar-refractivity contribution in [2.45, 2.75) is 39.5 Å². The van der Waals surface area contributed by atoms with E-state index < -0.39 is 0 Å². The molecule has 0 aliphatic heterocycles. The Labute approximate surface area is 149 Å². The Hall–Kier alpha value is -2.53. The van der Waals surface area contributed by atoms with Crippen LogP contribution in [0.4, 0.5) is 4.79 Å². The zero-order valence-electron chi connectivity index (χ0n) is 14.8. The molecule has 2 amide bonds. The highest BCUT2D eigenvalue weighted by atomic mass is 16.5. The lowest BCUT2D eigenvalue weighted by Gasteiger charge is -2.11. The van der Waals surface area contributed by atoms with Crippen molar-refractivity contribution < 1.29 is 14.6 Å². The monoisotopic (exact) mass is 342 g/mol. The maximum absolute atomic E-state index is 11.9. The first-order valence-corrected chi connectivity index (χ1v) is 8.53. The number of carbonyl (C=O) groups is 1. The topological polar surface area (TPSA) is 70.6 Å². The molecule has 0 fully saturated rings. The van der Waals surface area contributed by atoms with Gasteiger partial charge in [0.25, 0.3) is 0 Å². The summed E-state index contributed by atoms with van der Waals surface area (Å²) in [5, 5.41) is 14.9. The summed E-state index contributed by atoms with van der Waals surface area (Å²) in [5.74, 6) is 0.854. The molecule has 0 bridgehead atoms. The summed E-state index contributed by atoms with van der Waals surface area (Å²) in [6.45, 7) is 4.91. The highest BCUT2D eigenvalue weighted by Gasteiger charge is 2.04. The molecule has 5 nitrogen and oxygen atoms in total. The zero-order valence-corrected chi connectivity index (χ0v) is 14.8. The quantitative estimate of drug-likeness (QED) is 0.691. The fourth-order valence-electron chi connectivity index (χ4n) is 2.45. The van der Waals surface area contributed by atoms with Crippen molar-refractivity contribution in [1.29, 1.82) is 0 Å². The second-order valence-electron chi connectivity index (χ2n) is 6.10. The number of urea groups is 1. The molecule has 5 heteroatoms. The summed E-state index contributed by atoms with van der Waals surface area (Å²) in [4.78, 5) is 11.9. The van der Waals surface area contributed by atoms with E-state index in [1.54, 1.807) is 0 Å². The fraction of sp³-hybridized carbons (Fsp3) is 0.350. The van der Waals surface area contributed by atoms with Crippen LogP contribution in [0.5, 0.6) is 5.75 Å². The molecule has 0 saturated heterocycles. The first-order chi connectivity index (χ1) is 12.1. The smallest absolute Gasteiger partial charge is 0.315 e. The molecule has 0 aromatic heterocycles. The predicted octanol–water partition coefficient (Wildman–Crippen LogP) is 3.01. The van der Waals surface area contributed by atoms with Gasteiger partial charge in [-0.15, -0.1) is 0 Å². The lowest BCUT2D eigenvalue weighted by molar-refractivity contribution is 0.240. The van der Waals surface area contributed by atoms with Crippen molar-refractivity contribution in [3.63, 3.8) is 0 Å². The lowest BCUT2D eigenvalue weighted by Crippen LogP contribution is -2.36. The summed E-state index contributed by atoms with van der Waals surface area (Å²) in [5.41, 5.74) is 2.88. The number of hydrogen-bond donors (Lipinski definition) is 3. The molecule has 134 valence electrons. The van der Waals surface area contributed by atoms with Crippen molar-refractivity contribution in [3.05, 3.63) is 65.2 Å². The normalized spacial score (nSPS) is 10.6. The van der Waals surface area contributed by atoms with Crippen molar-refractivity contribution in [3.8, 4) is 5.75 Å². The summed E-state index contributed by atoms with van der Waals surface area (Å²) < 4.78 is 5.61. The van der Waals surface area contributed by atoms with Gasteiger partial charge in [0.05, 0.1) is 12.7 Å². The van der Waals surface area contributed by atoms with Crippen LogP contribution in [0, 0.1) is 0 Å². The van der Waals surface area contributed by atoms with Crippen LogP contribution in [0.15, 0.2) is 48.5 Å². The van der Waals surface area contributed by atoms with E-state index in [9.17, 15) is 9.90 Å². The van der Waals surface area contributed by atoms with Gasteiger partial charge in [0.15, 0.2) is 0 Å². The Morgan fingerprint density at radius 3 is 2.36 bits per heavy atom. The molecule has 3 N–H and O–H groups in total. The highest BCUT2D eigenvalue weighted by molar-refractivity contribution is 5.73. The number of aliphatic hydroxyl groups is 1. The third-order valence-corrected chi connectivity index (χ3v) is 3.72. The van der Waals surface area contributed by atoms with Crippen LogP contribution in [-0.4, -0.2) is 23.8 Å². The van der Waals surface area contributed by atoms with Gasteiger partial charge in [0, 0.05) is 13.1 Å². The number of benzene rings is 2. The molecular formula is C20H26N2O3. The molecule has 25 heavy (non-hydrogen) atoms. The largest absolute Gasteiger partial charge is 0.491 e. The second kappa shape index (κ2) is 9.69. The molecule has 0 atom stereocenters. The van der Waals surface area contributed by atoms with Crippen LogP contribution in [-0.2, 0) is 19.6 Å². The average Bonchev–Trinajstić information content (AvgIpc) is 2.61. The number of aliphatic hydroxyl groups excluding tert-OH is 1. The minimum Gasteiger partial charge on any atom is -0.491 e. The van der Waals surface area contributed by atoms with E-state index in [0.29, 0.717) is 13.1 Å². The van der Waals surface area contributed by atoms with Gasteiger partial charge in [-0.05, 0) is 49.1 Å². The Morgan fingerprint density at radius 2 is 1.72 bits per heavy atom. The summed E-state index contributed by atoms with van der Waals surface area (Å²) in [7, 11) is 0. The Kier molecular flexibility index (Phi) is 7.29. The standard InChI is InChI=1S/C20H26N2O3/c1-15(2)25-19-9-7-16(8-10-19)11-12-21-20(24)22-13-17-5-3-4-6-18(17)14-23/h3-10,15,23H,11-14H2,1-2H3,(H2,21,22,24). The minimum absolute atomic E-state index is 0.0318. The summed E-state index contributed by atoms with van der Waals surface area (Å²) >= 11 is 0. The maximum atomic E-state index is 11.9. The van der Waals surface area contributed by atoms with Gasteiger partial charge in [0.2, 0.25) is 0 Å². The fourth-order valence-corrected chi connectivity index (χ4v) is 2.45. The van der Waals surface area contributed by atoms with E-state index in [1.165, 1.54) is 0 Å². The van der Waals surface area contributed by atoms with Crippen molar-refractivity contribution in [1.82, 2.24) is 10.6 Å². The minimum atomic E-state index is -0.215. The SMILES string of the molecule is CC(C)Oc1ccc(CCNC(=O)NCc2ccccc2CO)cc1.